The van der Waals surface area contributed by atoms with Gasteiger partial charge in [-0.25, -0.2) is 0 Å². The first-order valence-electron chi connectivity index (χ1n) is 4.56. The Labute approximate surface area is 83.0 Å². The maximum Gasteiger partial charge on any atom is 0.305 e. The lowest BCUT2D eigenvalue weighted by atomic mass is 9.79. The van der Waals surface area contributed by atoms with Crippen molar-refractivity contribution < 1.29 is 12.3 Å². The summed E-state index contributed by atoms with van der Waals surface area (Å²) in [5.41, 5.74) is 1.10. The zero-order chi connectivity index (χ0) is 10.2. The fraction of sp³-hybridized carbons (Fsp3) is 0.400. The largest absolute Gasteiger partial charge is 0.305 e. The first-order valence-corrected chi connectivity index (χ1v) is 6.00. The van der Waals surface area contributed by atoms with Gasteiger partial charge in [0, 0.05) is 0 Å². The molecule has 1 aliphatic carbocycles. The van der Waals surface area contributed by atoms with Crippen LogP contribution in [-0.4, -0.2) is 13.7 Å². The SMILES string of the molecule is O=S(=O)(F)C1CC(c2ccccc2)C1. The van der Waals surface area contributed by atoms with E-state index in [1.54, 1.807) is 0 Å². The van der Waals surface area contributed by atoms with E-state index in [9.17, 15) is 12.3 Å². The Hall–Kier alpha value is -0.900. The van der Waals surface area contributed by atoms with E-state index < -0.39 is 15.5 Å². The fourth-order valence-electron chi connectivity index (χ4n) is 1.79. The van der Waals surface area contributed by atoms with E-state index in [0.29, 0.717) is 12.8 Å². The van der Waals surface area contributed by atoms with Gasteiger partial charge < -0.3 is 0 Å². The van der Waals surface area contributed by atoms with Gasteiger partial charge in [0.05, 0.1) is 5.25 Å². The second-order valence-electron chi connectivity index (χ2n) is 3.68. The molecule has 0 amide bonds. The predicted octanol–water partition coefficient (Wildman–Crippen LogP) is 2.23. The zero-order valence-electron chi connectivity index (χ0n) is 7.56. The highest BCUT2D eigenvalue weighted by Gasteiger charge is 2.39. The molecule has 0 heterocycles. The molecule has 0 atom stereocenters. The van der Waals surface area contributed by atoms with E-state index >= 15 is 0 Å². The van der Waals surface area contributed by atoms with Crippen molar-refractivity contribution in [3.63, 3.8) is 0 Å². The number of halogens is 1. The highest BCUT2D eigenvalue weighted by atomic mass is 32.3. The lowest BCUT2D eigenvalue weighted by Crippen LogP contribution is -2.32. The van der Waals surface area contributed by atoms with Gasteiger partial charge >= 0.3 is 10.2 Å². The summed E-state index contributed by atoms with van der Waals surface area (Å²) in [5, 5.41) is -0.771. The Bertz CT molecular complexity index is 407. The molecule has 76 valence electrons. The second kappa shape index (κ2) is 3.35. The van der Waals surface area contributed by atoms with Crippen molar-refractivity contribution in [3.05, 3.63) is 35.9 Å². The van der Waals surface area contributed by atoms with Crippen LogP contribution >= 0.6 is 0 Å². The molecule has 0 radical (unpaired) electrons. The summed E-state index contributed by atoms with van der Waals surface area (Å²) in [7, 11) is -4.31. The van der Waals surface area contributed by atoms with Crippen LogP contribution in [0.3, 0.4) is 0 Å². The summed E-state index contributed by atoms with van der Waals surface area (Å²) in [6, 6.07) is 9.63. The molecule has 1 aromatic carbocycles. The number of rotatable bonds is 2. The molecular weight excluding hydrogens is 203 g/mol. The minimum atomic E-state index is -4.31. The van der Waals surface area contributed by atoms with Gasteiger partial charge in [-0.2, -0.15) is 8.42 Å². The van der Waals surface area contributed by atoms with Gasteiger partial charge in [-0.05, 0) is 24.3 Å². The van der Waals surface area contributed by atoms with Crippen molar-refractivity contribution in [3.8, 4) is 0 Å². The summed E-state index contributed by atoms with van der Waals surface area (Å²) < 4.78 is 33.5. The highest BCUT2D eigenvalue weighted by molar-refractivity contribution is 7.87. The van der Waals surface area contributed by atoms with E-state index in [1.165, 1.54) is 0 Å². The van der Waals surface area contributed by atoms with Crippen LogP contribution < -0.4 is 0 Å². The Morgan fingerprint density at radius 1 is 1.14 bits per heavy atom. The molecule has 1 aromatic rings. The third kappa shape index (κ3) is 1.80. The van der Waals surface area contributed by atoms with Crippen LogP contribution in [0.2, 0.25) is 0 Å². The molecule has 2 nitrogen and oxygen atoms in total. The van der Waals surface area contributed by atoms with Gasteiger partial charge in [0.25, 0.3) is 0 Å². The first kappa shape index (κ1) is 9.65. The van der Waals surface area contributed by atoms with Crippen molar-refractivity contribution in [2.75, 3.05) is 0 Å². The van der Waals surface area contributed by atoms with E-state index in [1.807, 2.05) is 30.3 Å². The summed E-state index contributed by atoms with van der Waals surface area (Å²) in [5.74, 6) is 0.215. The Kier molecular flexibility index (Phi) is 2.31. The van der Waals surface area contributed by atoms with Gasteiger partial charge in [0.2, 0.25) is 0 Å². The smallest absolute Gasteiger partial charge is 0.195 e. The Balaban J connectivity index is 2.03. The molecule has 2 rings (SSSR count). The molecular formula is C10H11FO2S. The molecule has 14 heavy (non-hydrogen) atoms. The minimum absolute atomic E-state index is 0.215. The van der Waals surface area contributed by atoms with Crippen LogP contribution in [0, 0.1) is 0 Å². The molecule has 0 unspecified atom stereocenters. The van der Waals surface area contributed by atoms with Crippen molar-refractivity contribution in [2.24, 2.45) is 0 Å². The van der Waals surface area contributed by atoms with Gasteiger partial charge in [0.15, 0.2) is 0 Å². The summed E-state index contributed by atoms with van der Waals surface area (Å²) in [6.45, 7) is 0. The third-order valence-electron chi connectivity index (χ3n) is 2.76. The summed E-state index contributed by atoms with van der Waals surface area (Å²) in [6.07, 6.45) is 0.839. The van der Waals surface area contributed by atoms with Crippen molar-refractivity contribution in [2.45, 2.75) is 24.0 Å². The van der Waals surface area contributed by atoms with Crippen molar-refractivity contribution in [1.29, 1.82) is 0 Å². The normalized spacial score (nSPS) is 26.9. The van der Waals surface area contributed by atoms with Crippen LogP contribution in [0.25, 0.3) is 0 Å². The molecule has 0 spiro atoms. The molecule has 1 aliphatic rings. The molecule has 1 saturated carbocycles. The topological polar surface area (TPSA) is 34.1 Å². The van der Waals surface area contributed by atoms with Gasteiger partial charge in [0.1, 0.15) is 0 Å². The molecule has 4 heteroatoms. The van der Waals surface area contributed by atoms with Gasteiger partial charge in [-0.15, -0.1) is 3.89 Å². The molecule has 0 N–H and O–H groups in total. The zero-order valence-corrected chi connectivity index (χ0v) is 8.37. The predicted molar refractivity (Wildman–Crippen MR) is 52.2 cm³/mol. The average Bonchev–Trinajstić information content (AvgIpc) is 2.00. The Morgan fingerprint density at radius 3 is 2.21 bits per heavy atom. The highest BCUT2D eigenvalue weighted by Crippen LogP contribution is 2.40. The fourth-order valence-corrected chi connectivity index (χ4v) is 2.72. The van der Waals surface area contributed by atoms with Crippen molar-refractivity contribution >= 4 is 10.2 Å². The van der Waals surface area contributed by atoms with Gasteiger partial charge in [-0.3, -0.25) is 0 Å². The van der Waals surface area contributed by atoms with E-state index in [-0.39, 0.29) is 5.92 Å². The lowest BCUT2D eigenvalue weighted by molar-refractivity contribution is 0.396. The van der Waals surface area contributed by atoms with Gasteiger partial charge in [-0.1, -0.05) is 30.3 Å². The molecule has 0 bridgehead atoms. The van der Waals surface area contributed by atoms with Crippen LogP contribution in [0.4, 0.5) is 3.89 Å². The van der Waals surface area contributed by atoms with Crippen LogP contribution in [0.1, 0.15) is 24.3 Å². The standard InChI is InChI=1S/C10H11FO2S/c11-14(12,13)10-6-9(7-10)8-4-2-1-3-5-8/h1-5,9-10H,6-7H2. The van der Waals surface area contributed by atoms with Crippen LogP contribution in [0.15, 0.2) is 30.3 Å². The number of hydrogen-bond donors (Lipinski definition) is 0. The molecule has 0 aliphatic heterocycles. The lowest BCUT2D eigenvalue weighted by Gasteiger charge is -2.32. The quantitative estimate of drug-likeness (QED) is 0.707. The summed E-state index contributed by atoms with van der Waals surface area (Å²) >= 11 is 0. The second-order valence-corrected chi connectivity index (χ2v) is 5.29. The third-order valence-corrected chi connectivity index (χ3v) is 3.95. The van der Waals surface area contributed by atoms with E-state index in [2.05, 4.69) is 0 Å². The van der Waals surface area contributed by atoms with Crippen LogP contribution in [0.5, 0.6) is 0 Å². The Morgan fingerprint density at radius 2 is 1.71 bits per heavy atom. The van der Waals surface area contributed by atoms with E-state index in [4.69, 9.17) is 0 Å². The first-order chi connectivity index (χ1) is 6.57. The molecule has 1 fully saturated rings. The van der Waals surface area contributed by atoms with Crippen LogP contribution in [-0.2, 0) is 10.2 Å². The molecule has 0 aromatic heterocycles. The number of benzene rings is 1. The maximum absolute atomic E-state index is 12.5. The monoisotopic (exact) mass is 214 g/mol. The van der Waals surface area contributed by atoms with Crippen molar-refractivity contribution in [1.82, 2.24) is 0 Å². The van der Waals surface area contributed by atoms with E-state index in [0.717, 1.165) is 5.56 Å². The average molecular weight is 214 g/mol. The number of hydrogen-bond acceptors (Lipinski definition) is 2. The maximum atomic E-state index is 12.5. The molecule has 0 saturated heterocycles. The minimum Gasteiger partial charge on any atom is -0.195 e. The summed E-state index contributed by atoms with van der Waals surface area (Å²) in [4.78, 5) is 0.